The first kappa shape index (κ1) is 33.5. The van der Waals surface area contributed by atoms with E-state index < -0.39 is 0 Å². The molecular formula is C52H34N4O2. The molecule has 6 aromatic carbocycles. The van der Waals surface area contributed by atoms with Gasteiger partial charge in [-0.05, 0) is 87.3 Å². The van der Waals surface area contributed by atoms with E-state index in [4.69, 9.17) is 19.7 Å². The van der Waals surface area contributed by atoms with Gasteiger partial charge in [-0.25, -0.2) is 9.98 Å². The minimum absolute atomic E-state index is 0.173. The SMILES string of the molecule is Oc1ccc2ccccc2c1-c1c(O/C2=c3\cc/c([nH]3)=C(\c3ccccc3)C3=N/C(=C\C4=CCC(=N4)/C(c4ccccc4)=C4/C=CC2=N4)C=C3)ccc2ccccc12. The zero-order chi connectivity index (χ0) is 38.6. The molecule has 0 radical (unpaired) electrons. The summed E-state index contributed by atoms with van der Waals surface area (Å²) in [5.74, 6) is 1.30. The van der Waals surface area contributed by atoms with Gasteiger partial charge in [0, 0.05) is 34.0 Å². The Hall–Kier alpha value is -7.83. The average molecular weight is 747 g/mol. The van der Waals surface area contributed by atoms with Gasteiger partial charge in [-0.2, -0.15) is 0 Å². The van der Waals surface area contributed by atoms with Gasteiger partial charge in [-0.1, -0.05) is 127 Å². The van der Waals surface area contributed by atoms with Crippen LogP contribution < -0.4 is 15.4 Å². The molecule has 58 heavy (non-hydrogen) atoms. The summed E-state index contributed by atoms with van der Waals surface area (Å²) in [6.45, 7) is 0. The van der Waals surface area contributed by atoms with Gasteiger partial charge in [0.1, 0.15) is 17.2 Å². The summed E-state index contributed by atoms with van der Waals surface area (Å²) in [4.78, 5) is 19.4. The molecule has 0 unspecified atom stereocenters. The van der Waals surface area contributed by atoms with E-state index in [1.54, 1.807) is 6.07 Å². The molecule has 6 heteroatoms. The number of benzene rings is 6. The number of allylic oxidation sites excluding steroid dienone is 6. The quantitative estimate of drug-likeness (QED) is 0.184. The van der Waals surface area contributed by atoms with E-state index in [2.05, 4.69) is 77.8 Å². The Morgan fingerprint density at radius 2 is 1.17 bits per heavy atom. The summed E-state index contributed by atoms with van der Waals surface area (Å²) in [6, 6.07) is 48.9. The first-order valence-corrected chi connectivity index (χ1v) is 19.4. The molecule has 6 nitrogen and oxygen atoms in total. The molecule has 0 saturated heterocycles. The third-order valence-electron chi connectivity index (χ3n) is 11.0. The standard InChI is InChI=1S/C52H34N4O2/c57-46-29-19-32-11-7-9-17-38(32)50(46)51-39-18-10-8-12-33(39)20-30-47(51)58-52-44-27-25-42(55-44)48(34-13-3-1-4-14-34)40-23-21-36(53-40)31-37-22-24-41(54-37)49(35-15-5-2-6-16-35)43-26-28-45(52)56-43/h1-23,25-31,55,57H,24H2/b36-31-,48-42-,49-43-,52-44+. The maximum Gasteiger partial charge on any atom is 0.176 e. The van der Waals surface area contributed by atoms with Crippen LogP contribution in [0.1, 0.15) is 17.5 Å². The molecule has 11 rings (SSSR count). The predicted octanol–water partition coefficient (Wildman–Crippen LogP) is 10.1. The van der Waals surface area contributed by atoms with Gasteiger partial charge in [0.25, 0.3) is 0 Å². The molecule has 8 bridgehead atoms. The van der Waals surface area contributed by atoms with Crippen LogP contribution in [0.2, 0.25) is 0 Å². The highest BCUT2D eigenvalue weighted by Crippen LogP contribution is 2.46. The van der Waals surface area contributed by atoms with Crippen LogP contribution in [0.15, 0.2) is 214 Å². The summed E-state index contributed by atoms with van der Waals surface area (Å²) in [5, 5.41) is 17.2. The monoisotopic (exact) mass is 746 g/mol. The summed E-state index contributed by atoms with van der Waals surface area (Å²) < 4.78 is 7.26. The number of aromatic nitrogens is 1. The number of hydrogen-bond donors (Lipinski definition) is 2. The highest BCUT2D eigenvalue weighted by molar-refractivity contribution is 6.31. The van der Waals surface area contributed by atoms with Crippen molar-refractivity contribution in [1.82, 2.24) is 4.98 Å². The number of nitrogens with zero attached hydrogens (tertiary/aromatic N) is 3. The van der Waals surface area contributed by atoms with Crippen LogP contribution in [0.3, 0.4) is 0 Å². The minimum Gasteiger partial charge on any atom is -0.507 e. The number of aliphatic imine (C=N–C) groups is 3. The number of nitrogens with one attached hydrogen (secondary N) is 1. The normalized spacial score (nSPS) is 19.8. The van der Waals surface area contributed by atoms with E-state index in [1.165, 1.54) is 0 Å². The van der Waals surface area contributed by atoms with Gasteiger partial charge in [0.2, 0.25) is 0 Å². The molecule has 0 spiro atoms. The second kappa shape index (κ2) is 13.7. The van der Waals surface area contributed by atoms with Crippen molar-refractivity contribution in [3.05, 3.63) is 221 Å². The number of hydrogen-bond acceptors (Lipinski definition) is 5. The van der Waals surface area contributed by atoms with Crippen molar-refractivity contribution < 1.29 is 9.84 Å². The van der Waals surface area contributed by atoms with Crippen LogP contribution in [0.25, 0.3) is 49.6 Å². The van der Waals surface area contributed by atoms with Crippen molar-refractivity contribution >= 4 is 55.6 Å². The molecule has 0 amide bonds. The Morgan fingerprint density at radius 1 is 0.517 bits per heavy atom. The number of fused-ring (bicyclic) bond motifs is 7. The van der Waals surface area contributed by atoms with Gasteiger partial charge in [-0.15, -0.1) is 0 Å². The van der Waals surface area contributed by atoms with Crippen molar-refractivity contribution in [3.63, 3.8) is 0 Å². The van der Waals surface area contributed by atoms with Crippen molar-refractivity contribution in [2.24, 2.45) is 15.0 Å². The lowest BCUT2D eigenvalue weighted by atomic mass is 9.92. The lowest BCUT2D eigenvalue weighted by molar-refractivity contribution is 0.477. The summed E-state index contributed by atoms with van der Waals surface area (Å²) in [6.07, 6.45) is 13.0. The molecule has 7 aromatic rings. The number of rotatable bonds is 5. The van der Waals surface area contributed by atoms with Crippen molar-refractivity contribution in [3.8, 4) is 22.6 Å². The third kappa shape index (κ3) is 5.78. The van der Waals surface area contributed by atoms with Crippen LogP contribution >= 0.6 is 0 Å². The van der Waals surface area contributed by atoms with Crippen LogP contribution in [0.5, 0.6) is 11.5 Å². The van der Waals surface area contributed by atoms with Gasteiger partial charge < -0.3 is 14.8 Å². The largest absolute Gasteiger partial charge is 0.507 e. The number of ether oxygens (including phenoxy) is 1. The molecule has 0 atom stereocenters. The zero-order valence-corrected chi connectivity index (χ0v) is 31.2. The average Bonchev–Trinajstić information content (AvgIpc) is 4.11. The van der Waals surface area contributed by atoms with Gasteiger partial charge in [-0.3, -0.25) is 4.99 Å². The van der Waals surface area contributed by atoms with Gasteiger partial charge in [0.15, 0.2) is 5.76 Å². The highest BCUT2D eigenvalue weighted by Gasteiger charge is 2.25. The van der Waals surface area contributed by atoms with Crippen molar-refractivity contribution in [1.29, 1.82) is 0 Å². The number of aromatic amines is 1. The molecule has 4 aliphatic heterocycles. The molecule has 274 valence electrons. The second-order valence-corrected chi connectivity index (χ2v) is 14.5. The molecule has 2 N–H and O–H groups in total. The smallest absolute Gasteiger partial charge is 0.176 e. The van der Waals surface area contributed by atoms with Crippen LogP contribution in [-0.4, -0.2) is 27.2 Å². The van der Waals surface area contributed by atoms with E-state index in [1.807, 2.05) is 103 Å². The Labute approximate surface area is 334 Å². The van der Waals surface area contributed by atoms with Crippen LogP contribution in [0.4, 0.5) is 0 Å². The van der Waals surface area contributed by atoms with E-state index in [0.29, 0.717) is 29.2 Å². The molecular weight excluding hydrogens is 713 g/mol. The van der Waals surface area contributed by atoms with Crippen LogP contribution in [0, 0.1) is 0 Å². The first-order chi connectivity index (χ1) is 28.6. The molecule has 4 aliphatic rings. The van der Waals surface area contributed by atoms with E-state index in [9.17, 15) is 5.11 Å². The number of H-pyrrole nitrogens is 1. The van der Waals surface area contributed by atoms with Crippen molar-refractivity contribution in [2.75, 3.05) is 0 Å². The summed E-state index contributed by atoms with van der Waals surface area (Å²) in [7, 11) is 0. The van der Waals surface area contributed by atoms with E-state index in [0.717, 1.165) is 88.6 Å². The van der Waals surface area contributed by atoms with Gasteiger partial charge in [0.05, 0.1) is 33.9 Å². The highest BCUT2D eigenvalue weighted by atomic mass is 16.5. The van der Waals surface area contributed by atoms with Crippen LogP contribution in [-0.2, 0) is 0 Å². The fraction of sp³-hybridized carbons (Fsp3) is 0.0192. The van der Waals surface area contributed by atoms with E-state index >= 15 is 0 Å². The van der Waals surface area contributed by atoms with Crippen molar-refractivity contribution in [2.45, 2.75) is 6.42 Å². The number of phenols is 1. The second-order valence-electron chi connectivity index (χ2n) is 14.5. The minimum atomic E-state index is 0.173. The Balaban J connectivity index is 1.21. The summed E-state index contributed by atoms with van der Waals surface area (Å²) in [5.41, 5.74) is 10.4. The maximum atomic E-state index is 11.7. The molecule has 0 aliphatic carbocycles. The first-order valence-electron chi connectivity index (χ1n) is 19.4. The molecule has 0 saturated carbocycles. The van der Waals surface area contributed by atoms with E-state index in [-0.39, 0.29) is 5.75 Å². The third-order valence-corrected chi connectivity index (χ3v) is 11.0. The lowest BCUT2D eigenvalue weighted by Crippen LogP contribution is -2.23. The maximum absolute atomic E-state index is 11.7. The zero-order valence-electron chi connectivity index (χ0n) is 31.2. The summed E-state index contributed by atoms with van der Waals surface area (Å²) >= 11 is 0. The molecule has 5 heterocycles. The van der Waals surface area contributed by atoms with Gasteiger partial charge >= 0.3 is 0 Å². The fourth-order valence-electron chi connectivity index (χ4n) is 8.33. The fourth-order valence-corrected chi connectivity index (χ4v) is 8.33. The number of aromatic hydroxyl groups is 1. The Morgan fingerprint density at radius 3 is 1.95 bits per heavy atom. The Kier molecular flexibility index (Phi) is 7.93. The lowest BCUT2D eigenvalue weighted by Gasteiger charge is -2.18. The topological polar surface area (TPSA) is 82.3 Å². The Bertz CT molecular complexity index is 3260. The number of phenolic OH excluding ortho intramolecular Hbond substituents is 1. The predicted molar refractivity (Wildman–Crippen MR) is 236 cm³/mol. The molecule has 1 aromatic heterocycles. The molecule has 0 fully saturated rings.